The van der Waals surface area contributed by atoms with Gasteiger partial charge in [0.25, 0.3) is 0 Å². The summed E-state index contributed by atoms with van der Waals surface area (Å²) in [5, 5.41) is 3.24. The Morgan fingerprint density at radius 1 is 1.38 bits per heavy atom. The summed E-state index contributed by atoms with van der Waals surface area (Å²) in [6, 6.07) is 6.80. The van der Waals surface area contributed by atoms with Crippen LogP contribution in [0.2, 0.25) is 0 Å². The number of unbranched alkanes of at least 4 members (excludes halogenated alkanes) is 1. The van der Waals surface area contributed by atoms with Gasteiger partial charge < -0.3 is 10.1 Å². The van der Waals surface area contributed by atoms with Crippen LogP contribution in [0.4, 0.5) is 0 Å². The first-order valence-corrected chi connectivity index (χ1v) is 6.09. The minimum absolute atomic E-state index is 0.392. The van der Waals surface area contributed by atoms with Gasteiger partial charge in [0.1, 0.15) is 5.75 Å². The first-order valence-electron chi connectivity index (χ1n) is 6.09. The molecule has 0 aliphatic carbocycles. The highest BCUT2D eigenvalue weighted by atomic mass is 16.5. The van der Waals surface area contributed by atoms with Crippen LogP contribution in [-0.4, -0.2) is 13.7 Å². The van der Waals surface area contributed by atoms with Crippen LogP contribution in [-0.2, 0) is 0 Å². The van der Waals surface area contributed by atoms with Gasteiger partial charge in [0.05, 0.1) is 6.61 Å². The second kappa shape index (κ2) is 6.54. The fraction of sp³-hybridized carbons (Fsp3) is 0.571. The van der Waals surface area contributed by atoms with E-state index in [9.17, 15) is 0 Å². The third-order valence-corrected chi connectivity index (χ3v) is 2.89. The minimum atomic E-state index is 0.392. The summed E-state index contributed by atoms with van der Waals surface area (Å²) in [5.41, 5.74) is 2.53. The van der Waals surface area contributed by atoms with Crippen molar-refractivity contribution >= 4 is 0 Å². The molecule has 1 atom stereocenters. The molecule has 0 heterocycles. The average molecular weight is 221 g/mol. The van der Waals surface area contributed by atoms with E-state index in [4.69, 9.17) is 4.74 Å². The summed E-state index contributed by atoms with van der Waals surface area (Å²) in [5.74, 6) is 1.01. The summed E-state index contributed by atoms with van der Waals surface area (Å²) in [6.45, 7) is 7.26. The second-order valence-corrected chi connectivity index (χ2v) is 4.24. The molecule has 0 aliphatic heterocycles. The van der Waals surface area contributed by atoms with Crippen molar-refractivity contribution in [3.8, 4) is 5.75 Å². The van der Waals surface area contributed by atoms with E-state index in [0.717, 1.165) is 18.8 Å². The Morgan fingerprint density at radius 3 is 2.69 bits per heavy atom. The normalized spacial score (nSPS) is 12.5. The maximum atomic E-state index is 5.73. The van der Waals surface area contributed by atoms with Crippen molar-refractivity contribution in [3.63, 3.8) is 0 Å². The van der Waals surface area contributed by atoms with Crippen molar-refractivity contribution in [1.82, 2.24) is 5.32 Å². The molecule has 1 aromatic carbocycles. The Bertz CT molecular complexity index is 323. The number of hydrogen-bond donors (Lipinski definition) is 1. The summed E-state index contributed by atoms with van der Waals surface area (Å²) in [4.78, 5) is 0. The van der Waals surface area contributed by atoms with Gasteiger partial charge in [-0.15, -0.1) is 0 Å². The highest BCUT2D eigenvalue weighted by Crippen LogP contribution is 2.22. The molecule has 0 radical (unpaired) electrons. The molecule has 0 fully saturated rings. The van der Waals surface area contributed by atoms with Gasteiger partial charge >= 0.3 is 0 Å². The van der Waals surface area contributed by atoms with E-state index in [1.807, 2.05) is 7.05 Å². The first-order chi connectivity index (χ1) is 7.69. The highest BCUT2D eigenvalue weighted by molar-refractivity contribution is 5.37. The van der Waals surface area contributed by atoms with Gasteiger partial charge in [-0.25, -0.2) is 0 Å². The average Bonchev–Trinajstić information content (AvgIpc) is 2.30. The van der Waals surface area contributed by atoms with Gasteiger partial charge in [-0.1, -0.05) is 25.5 Å². The molecule has 0 amide bonds. The van der Waals surface area contributed by atoms with Crippen LogP contribution in [0.25, 0.3) is 0 Å². The fourth-order valence-electron chi connectivity index (χ4n) is 1.60. The quantitative estimate of drug-likeness (QED) is 0.743. The Hall–Kier alpha value is -1.02. The van der Waals surface area contributed by atoms with E-state index in [0.29, 0.717) is 6.04 Å². The monoisotopic (exact) mass is 221 g/mol. The number of nitrogens with one attached hydrogen (secondary N) is 1. The molecule has 16 heavy (non-hydrogen) atoms. The van der Waals surface area contributed by atoms with Gasteiger partial charge in [0.15, 0.2) is 0 Å². The maximum absolute atomic E-state index is 5.73. The van der Waals surface area contributed by atoms with E-state index in [1.165, 1.54) is 17.5 Å². The van der Waals surface area contributed by atoms with Crippen LogP contribution in [0.3, 0.4) is 0 Å². The SMILES string of the molecule is CCCCOc1ccc(C(C)NC)cc1C. The largest absolute Gasteiger partial charge is 0.493 e. The molecule has 0 saturated heterocycles. The standard InChI is InChI=1S/C14H23NO/c1-5-6-9-16-14-8-7-13(10-11(14)2)12(3)15-4/h7-8,10,12,15H,5-6,9H2,1-4H3. The molecule has 90 valence electrons. The third-order valence-electron chi connectivity index (χ3n) is 2.89. The van der Waals surface area contributed by atoms with E-state index in [-0.39, 0.29) is 0 Å². The smallest absolute Gasteiger partial charge is 0.122 e. The predicted octanol–water partition coefficient (Wildman–Crippen LogP) is 3.45. The molecule has 0 saturated carbocycles. The Labute approximate surface area is 99.0 Å². The summed E-state index contributed by atoms with van der Waals surface area (Å²) < 4.78 is 5.73. The summed E-state index contributed by atoms with van der Waals surface area (Å²) in [6.07, 6.45) is 2.29. The molecule has 0 bridgehead atoms. The predicted molar refractivity (Wildman–Crippen MR) is 69.1 cm³/mol. The van der Waals surface area contributed by atoms with Crippen LogP contribution >= 0.6 is 0 Å². The van der Waals surface area contributed by atoms with Crippen LogP contribution in [0.1, 0.15) is 43.9 Å². The zero-order valence-corrected chi connectivity index (χ0v) is 10.8. The van der Waals surface area contributed by atoms with Crippen LogP contribution in [0.5, 0.6) is 5.75 Å². The molecule has 2 nitrogen and oxygen atoms in total. The van der Waals surface area contributed by atoms with Gasteiger partial charge in [-0.3, -0.25) is 0 Å². The lowest BCUT2D eigenvalue weighted by Gasteiger charge is -2.14. The van der Waals surface area contributed by atoms with Crippen molar-refractivity contribution in [3.05, 3.63) is 29.3 Å². The number of hydrogen-bond acceptors (Lipinski definition) is 2. The Morgan fingerprint density at radius 2 is 2.12 bits per heavy atom. The fourth-order valence-corrected chi connectivity index (χ4v) is 1.60. The van der Waals surface area contributed by atoms with Gasteiger partial charge in [0, 0.05) is 6.04 Å². The molecular weight excluding hydrogens is 198 g/mol. The van der Waals surface area contributed by atoms with E-state index in [2.05, 4.69) is 44.3 Å². The molecule has 1 unspecified atom stereocenters. The van der Waals surface area contributed by atoms with Crippen molar-refractivity contribution in [1.29, 1.82) is 0 Å². The lowest BCUT2D eigenvalue weighted by molar-refractivity contribution is 0.307. The van der Waals surface area contributed by atoms with E-state index in [1.54, 1.807) is 0 Å². The second-order valence-electron chi connectivity index (χ2n) is 4.24. The van der Waals surface area contributed by atoms with Crippen molar-refractivity contribution in [2.24, 2.45) is 0 Å². The van der Waals surface area contributed by atoms with E-state index < -0.39 is 0 Å². The summed E-state index contributed by atoms with van der Waals surface area (Å²) >= 11 is 0. The lowest BCUT2D eigenvalue weighted by atomic mass is 10.1. The summed E-state index contributed by atoms with van der Waals surface area (Å²) in [7, 11) is 1.98. The highest BCUT2D eigenvalue weighted by Gasteiger charge is 2.05. The third kappa shape index (κ3) is 3.53. The van der Waals surface area contributed by atoms with Gasteiger partial charge in [-0.2, -0.15) is 0 Å². The molecule has 1 N–H and O–H groups in total. The number of ether oxygens (including phenoxy) is 1. The number of rotatable bonds is 6. The molecule has 1 aromatic rings. The Kier molecular flexibility index (Phi) is 5.33. The van der Waals surface area contributed by atoms with Crippen LogP contribution in [0, 0.1) is 6.92 Å². The number of benzene rings is 1. The molecule has 2 heteroatoms. The molecule has 0 aromatic heterocycles. The van der Waals surface area contributed by atoms with Gasteiger partial charge in [-0.05, 0) is 44.5 Å². The van der Waals surface area contributed by atoms with Crippen LogP contribution < -0.4 is 10.1 Å². The van der Waals surface area contributed by atoms with Crippen molar-refractivity contribution < 1.29 is 4.74 Å². The zero-order valence-electron chi connectivity index (χ0n) is 10.8. The Balaban J connectivity index is 2.67. The van der Waals surface area contributed by atoms with E-state index >= 15 is 0 Å². The first kappa shape index (κ1) is 13.0. The van der Waals surface area contributed by atoms with Crippen molar-refractivity contribution in [2.75, 3.05) is 13.7 Å². The minimum Gasteiger partial charge on any atom is -0.493 e. The molecular formula is C14H23NO. The molecule has 0 aliphatic rings. The molecule has 0 spiro atoms. The number of aryl methyl sites for hydroxylation is 1. The van der Waals surface area contributed by atoms with Crippen molar-refractivity contribution in [2.45, 2.75) is 39.7 Å². The topological polar surface area (TPSA) is 21.3 Å². The molecule has 1 rings (SSSR count). The lowest BCUT2D eigenvalue weighted by Crippen LogP contribution is -2.12. The maximum Gasteiger partial charge on any atom is 0.122 e. The zero-order chi connectivity index (χ0) is 12.0. The van der Waals surface area contributed by atoms with Crippen LogP contribution in [0.15, 0.2) is 18.2 Å². The van der Waals surface area contributed by atoms with Gasteiger partial charge in [0.2, 0.25) is 0 Å².